The summed E-state index contributed by atoms with van der Waals surface area (Å²) >= 11 is 0. The Morgan fingerprint density at radius 2 is 1.83 bits per heavy atom. The molecule has 2 bridgehead atoms. The first-order chi connectivity index (χ1) is 8.52. The van der Waals surface area contributed by atoms with E-state index >= 15 is 0 Å². The summed E-state index contributed by atoms with van der Waals surface area (Å²) in [5.74, 6) is 0.0143. The second-order valence-corrected chi connectivity index (χ2v) is 5.61. The van der Waals surface area contributed by atoms with Crippen molar-refractivity contribution in [2.45, 2.75) is 26.7 Å². The third-order valence-corrected chi connectivity index (χ3v) is 4.36. The van der Waals surface area contributed by atoms with Crippen molar-refractivity contribution >= 4 is 17.1 Å². The van der Waals surface area contributed by atoms with Gasteiger partial charge < -0.3 is 0 Å². The van der Waals surface area contributed by atoms with Crippen LogP contribution in [0.4, 0.5) is 0 Å². The van der Waals surface area contributed by atoms with Crippen molar-refractivity contribution in [3.63, 3.8) is 0 Å². The van der Waals surface area contributed by atoms with Gasteiger partial charge in [0.2, 0.25) is 0 Å². The minimum atomic E-state index is -0.737. The topological polar surface area (TPSA) is 34.1 Å². The van der Waals surface area contributed by atoms with E-state index in [1.807, 2.05) is 31.2 Å². The van der Waals surface area contributed by atoms with Gasteiger partial charge in [-0.2, -0.15) is 0 Å². The molecule has 1 aromatic rings. The predicted octanol–water partition coefficient (Wildman–Crippen LogP) is 2.95. The fourth-order valence-corrected chi connectivity index (χ4v) is 3.01. The van der Waals surface area contributed by atoms with Crippen LogP contribution in [0.1, 0.15) is 30.9 Å². The maximum absolute atomic E-state index is 12.3. The highest BCUT2D eigenvalue weighted by Gasteiger charge is 2.53. The van der Waals surface area contributed by atoms with Crippen molar-refractivity contribution in [2.75, 3.05) is 0 Å². The van der Waals surface area contributed by atoms with E-state index in [2.05, 4.69) is 6.08 Å². The van der Waals surface area contributed by atoms with Gasteiger partial charge in [0, 0.05) is 6.42 Å². The molecule has 0 spiro atoms. The number of rotatable bonds is 1. The number of benzene rings is 1. The molecule has 3 rings (SSSR count). The smallest absolute Gasteiger partial charge is 0.154 e. The second-order valence-electron chi connectivity index (χ2n) is 5.61. The van der Waals surface area contributed by atoms with Crippen LogP contribution in [0.2, 0.25) is 0 Å². The Morgan fingerprint density at radius 3 is 2.50 bits per heavy atom. The molecule has 18 heavy (non-hydrogen) atoms. The number of ketones is 2. The van der Waals surface area contributed by atoms with Crippen LogP contribution in [0.25, 0.3) is 5.57 Å². The van der Waals surface area contributed by atoms with Crippen molar-refractivity contribution in [1.29, 1.82) is 0 Å². The SMILES string of the molecule is Cc1ccc(C2=CCC3(C)C(=O)CC2C3=O)cc1. The summed E-state index contributed by atoms with van der Waals surface area (Å²) in [6, 6.07) is 8.18. The van der Waals surface area contributed by atoms with Crippen LogP contribution in [-0.4, -0.2) is 11.6 Å². The highest BCUT2D eigenvalue weighted by Crippen LogP contribution is 2.48. The molecular formula is C16H16O2. The van der Waals surface area contributed by atoms with E-state index < -0.39 is 5.41 Å². The molecule has 0 saturated heterocycles. The summed E-state index contributed by atoms with van der Waals surface area (Å²) in [4.78, 5) is 24.3. The molecule has 2 aliphatic carbocycles. The Labute approximate surface area is 107 Å². The van der Waals surface area contributed by atoms with E-state index in [-0.39, 0.29) is 17.5 Å². The van der Waals surface area contributed by atoms with Gasteiger partial charge >= 0.3 is 0 Å². The normalized spacial score (nSPS) is 30.6. The zero-order valence-corrected chi connectivity index (χ0v) is 10.7. The first kappa shape index (κ1) is 11.4. The molecule has 2 atom stereocenters. The van der Waals surface area contributed by atoms with Crippen molar-refractivity contribution in [3.05, 3.63) is 41.5 Å². The van der Waals surface area contributed by atoms with Crippen LogP contribution < -0.4 is 0 Å². The molecule has 0 aliphatic heterocycles. The quantitative estimate of drug-likeness (QED) is 0.707. The Hall–Kier alpha value is -1.70. The van der Waals surface area contributed by atoms with Gasteiger partial charge in [-0.3, -0.25) is 9.59 Å². The van der Waals surface area contributed by atoms with Crippen LogP contribution >= 0.6 is 0 Å². The molecule has 92 valence electrons. The molecule has 0 radical (unpaired) electrons. The number of hydrogen-bond donors (Lipinski definition) is 0. The lowest BCUT2D eigenvalue weighted by Crippen LogP contribution is -2.32. The van der Waals surface area contributed by atoms with Gasteiger partial charge in [-0.1, -0.05) is 35.9 Å². The van der Waals surface area contributed by atoms with Crippen LogP contribution in [0, 0.1) is 18.3 Å². The first-order valence-corrected chi connectivity index (χ1v) is 6.37. The summed E-state index contributed by atoms with van der Waals surface area (Å²) in [6.07, 6.45) is 3.03. The van der Waals surface area contributed by atoms with Gasteiger partial charge in [0.15, 0.2) is 5.78 Å². The number of carbonyl (C=O) groups is 2. The Kier molecular flexibility index (Phi) is 2.31. The van der Waals surface area contributed by atoms with E-state index in [9.17, 15) is 9.59 Å². The highest BCUT2D eigenvalue weighted by atomic mass is 16.2. The lowest BCUT2D eigenvalue weighted by molar-refractivity contribution is -0.134. The second kappa shape index (κ2) is 3.64. The van der Waals surface area contributed by atoms with Crippen LogP contribution in [-0.2, 0) is 9.59 Å². The first-order valence-electron chi connectivity index (χ1n) is 6.37. The van der Waals surface area contributed by atoms with Gasteiger partial charge in [0.25, 0.3) is 0 Å². The fraction of sp³-hybridized carbons (Fsp3) is 0.375. The standard InChI is InChI=1S/C16H16O2/c1-10-3-5-11(6-4-10)12-7-8-16(2)14(17)9-13(12)15(16)18/h3-7,13H,8-9H2,1-2H3. The summed E-state index contributed by atoms with van der Waals surface area (Å²) in [6.45, 7) is 3.83. The van der Waals surface area contributed by atoms with Crippen molar-refractivity contribution < 1.29 is 9.59 Å². The van der Waals surface area contributed by atoms with Gasteiger partial charge in [-0.15, -0.1) is 0 Å². The molecule has 1 fully saturated rings. The molecule has 0 aromatic heterocycles. The fourth-order valence-electron chi connectivity index (χ4n) is 3.01. The summed E-state index contributed by atoms with van der Waals surface area (Å²) < 4.78 is 0. The average molecular weight is 240 g/mol. The van der Waals surface area contributed by atoms with Crippen molar-refractivity contribution in [3.8, 4) is 0 Å². The minimum Gasteiger partial charge on any atom is -0.299 e. The monoisotopic (exact) mass is 240 g/mol. The molecular weight excluding hydrogens is 224 g/mol. The molecule has 2 aliphatic rings. The molecule has 1 saturated carbocycles. The van der Waals surface area contributed by atoms with Crippen molar-refractivity contribution in [2.24, 2.45) is 11.3 Å². The molecule has 1 aromatic carbocycles. The van der Waals surface area contributed by atoms with E-state index in [0.717, 1.165) is 11.1 Å². The molecule has 0 heterocycles. The predicted molar refractivity (Wildman–Crippen MR) is 70.0 cm³/mol. The van der Waals surface area contributed by atoms with E-state index in [1.54, 1.807) is 6.92 Å². The summed E-state index contributed by atoms with van der Waals surface area (Å²) in [7, 11) is 0. The minimum absolute atomic E-state index is 0.107. The number of carbonyl (C=O) groups excluding carboxylic acids is 2. The third kappa shape index (κ3) is 1.41. The van der Waals surface area contributed by atoms with Crippen LogP contribution in [0.15, 0.2) is 30.3 Å². The molecule has 0 N–H and O–H groups in total. The van der Waals surface area contributed by atoms with Crippen molar-refractivity contribution in [1.82, 2.24) is 0 Å². The molecule has 0 amide bonds. The number of Topliss-reactive ketones (excluding diaryl/α,β-unsaturated/α-hetero) is 2. The zero-order chi connectivity index (χ0) is 12.9. The number of allylic oxidation sites excluding steroid dienone is 2. The third-order valence-electron chi connectivity index (χ3n) is 4.36. The Bertz CT molecular complexity index is 565. The maximum atomic E-state index is 12.3. The number of fused-ring (bicyclic) bond motifs is 2. The van der Waals surface area contributed by atoms with Gasteiger partial charge in [0.05, 0.1) is 11.3 Å². The number of hydrogen-bond acceptors (Lipinski definition) is 2. The average Bonchev–Trinajstić information content (AvgIpc) is 2.49. The van der Waals surface area contributed by atoms with Crippen LogP contribution in [0.3, 0.4) is 0 Å². The van der Waals surface area contributed by atoms with Gasteiger partial charge in [0.1, 0.15) is 5.78 Å². The lowest BCUT2D eigenvalue weighted by atomic mass is 9.75. The van der Waals surface area contributed by atoms with E-state index in [0.29, 0.717) is 12.8 Å². The Morgan fingerprint density at radius 1 is 1.17 bits per heavy atom. The summed E-state index contributed by atoms with van der Waals surface area (Å²) in [5.41, 5.74) is 2.59. The maximum Gasteiger partial charge on any atom is 0.154 e. The lowest BCUT2D eigenvalue weighted by Gasteiger charge is -2.25. The van der Waals surface area contributed by atoms with E-state index in [4.69, 9.17) is 0 Å². The van der Waals surface area contributed by atoms with Crippen LogP contribution in [0.5, 0.6) is 0 Å². The highest BCUT2D eigenvalue weighted by molar-refractivity contribution is 6.19. The largest absolute Gasteiger partial charge is 0.299 e. The number of aryl methyl sites for hydroxylation is 1. The zero-order valence-electron chi connectivity index (χ0n) is 10.7. The summed E-state index contributed by atoms with van der Waals surface area (Å²) in [5, 5.41) is 0. The van der Waals surface area contributed by atoms with Gasteiger partial charge in [-0.25, -0.2) is 0 Å². The van der Waals surface area contributed by atoms with E-state index in [1.165, 1.54) is 5.56 Å². The Balaban J connectivity index is 2.04. The molecule has 2 heteroatoms. The molecule has 2 unspecified atom stereocenters. The van der Waals surface area contributed by atoms with Gasteiger partial charge in [-0.05, 0) is 31.4 Å². The molecule has 2 nitrogen and oxygen atoms in total.